The molecule has 4 rings (SSSR count). The Morgan fingerprint density at radius 3 is 2.71 bits per heavy atom. The Labute approximate surface area is 164 Å². The van der Waals surface area contributed by atoms with Crippen molar-refractivity contribution in [1.82, 2.24) is 25.5 Å². The molecule has 0 spiro atoms. The van der Waals surface area contributed by atoms with Gasteiger partial charge in [0.2, 0.25) is 0 Å². The van der Waals surface area contributed by atoms with Gasteiger partial charge in [-0.15, -0.1) is 5.10 Å². The minimum atomic E-state index is -0.208. The first-order valence-corrected chi connectivity index (χ1v) is 9.94. The Kier molecular flexibility index (Phi) is 5.09. The molecule has 146 valence electrons. The Morgan fingerprint density at radius 1 is 1.29 bits per heavy atom. The van der Waals surface area contributed by atoms with Crippen molar-refractivity contribution < 1.29 is 4.79 Å². The molecule has 2 aromatic rings. The molecule has 7 heteroatoms. The second-order valence-corrected chi connectivity index (χ2v) is 7.36. The number of aromatic amines is 1. The lowest BCUT2D eigenvalue weighted by atomic mass is 10.00. The van der Waals surface area contributed by atoms with Crippen molar-refractivity contribution >= 4 is 17.7 Å². The lowest BCUT2D eigenvalue weighted by Crippen LogP contribution is -2.22. The molecule has 1 saturated carbocycles. The lowest BCUT2D eigenvalue weighted by molar-refractivity contribution is -0.116. The van der Waals surface area contributed by atoms with E-state index in [2.05, 4.69) is 51.4 Å². The number of amides is 1. The Morgan fingerprint density at radius 2 is 2.07 bits per heavy atom. The van der Waals surface area contributed by atoms with Crippen LogP contribution in [0.5, 0.6) is 0 Å². The Bertz CT molecular complexity index is 935. The fraction of sp³-hybridized carbons (Fsp3) is 0.429. The molecule has 3 heterocycles. The molecule has 0 bridgehead atoms. The van der Waals surface area contributed by atoms with Crippen LogP contribution in [0.1, 0.15) is 60.8 Å². The third kappa shape index (κ3) is 3.49. The molecule has 7 nitrogen and oxygen atoms in total. The highest BCUT2D eigenvalue weighted by Crippen LogP contribution is 2.45. The predicted molar refractivity (Wildman–Crippen MR) is 109 cm³/mol. The normalized spacial score (nSPS) is 18.1. The van der Waals surface area contributed by atoms with Crippen molar-refractivity contribution in [2.45, 2.75) is 46.1 Å². The average molecular weight is 378 g/mol. The van der Waals surface area contributed by atoms with Crippen LogP contribution in [-0.4, -0.2) is 44.8 Å². The summed E-state index contributed by atoms with van der Waals surface area (Å²) in [4.78, 5) is 18.4. The molecule has 0 saturated heterocycles. The SMILES string of the molecule is CCN(CC)Cc1c(C)[nH]c(C=C2C(=O)NN=C2c2cccnn2)c1C1CC1. The van der Waals surface area contributed by atoms with Crippen molar-refractivity contribution in [3.05, 3.63) is 52.1 Å². The molecular weight excluding hydrogens is 352 g/mol. The number of nitrogens with zero attached hydrogens (tertiary/aromatic N) is 4. The summed E-state index contributed by atoms with van der Waals surface area (Å²) in [5, 5.41) is 12.2. The first-order valence-electron chi connectivity index (χ1n) is 9.94. The van der Waals surface area contributed by atoms with Crippen molar-refractivity contribution in [3.8, 4) is 0 Å². The Balaban J connectivity index is 1.75. The second kappa shape index (κ2) is 7.67. The summed E-state index contributed by atoms with van der Waals surface area (Å²) in [5.74, 6) is 0.365. The van der Waals surface area contributed by atoms with Crippen LogP contribution in [-0.2, 0) is 11.3 Å². The summed E-state index contributed by atoms with van der Waals surface area (Å²) in [6, 6.07) is 3.61. The van der Waals surface area contributed by atoms with Gasteiger partial charge in [-0.1, -0.05) is 13.8 Å². The third-order valence-corrected chi connectivity index (χ3v) is 5.52. The van der Waals surface area contributed by atoms with E-state index < -0.39 is 0 Å². The molecule has 1 fully saturated rings. The van der Waals surface area contributed by atoms with Gasteiger partial charge in [0.05, 0.1) is 5.57 Å². The van der Waals surface area contributed by atoms with Crippen LogP contribution < -0.4 is 5.43 Å². The quantitative estimate of drug-likeness (QED) is 0.726. The fourth-order valence-corrected chi connectivity index (χ4v) is 3.77. The van der Waals surface area contributed by atoms with Gasteiger partial charge in [0.1, 0.15) is 11.4 Å². The van der Waals surface area contributed by atoms with Crippen LogP contribution in [0.15, 0.2) is 29.0 Å². The van der Waals surface area contributed by atoms with Gasteiger partial charge in [0.25, 0.3) is 5.91 Å². The van der Waals surface area contributed by atoms with Gasteiger partial charge in [-0.05, 0) is 68.1 Å². The highest BCUT2D eigenvalue weighted by molar-refractivity contribution is 6.32. The summed E-state index contributed by atoms with van der Waals surface area (Å²) in [7, 11) is 0. The van der Waals surface area contributed by atoms with Gasteiger partial charge < -0.3 is 4.98 Å². The van der Waals surface area contributed by atoms with Gasteiger partial charge >= 0.3 is 0 Å². The zero-order valence-corrected chi connectivity index (χ0v) is 16.6. The lowest BCUT2D eigenvalue weighted by Gasteiger charge is -2.19. The monoisotopic (exact) mass is 378 g/mol. The number of rotatable bonds is 7. The molecule has 0 aromatic carbocycles. The molecular formula is C21H26N6O. The van der Waals surface area contributed by atoms with Crippen LogP contribution >= 0.6 is 0 Å². The summed E-state index contributed by atoms with van der Waals surface area (Å²) in [5.41, 5.74) is 9.14. The minimum absolute atomic E-state index is 0.208. The summed E-state index contributed by atoms with van der Waals surface area (Å²) < 4.78 is 0. The molecule has 0 unspecified atom stereocenters. The first-order chi connectivity index (χ1) is 13.6. The van der Waals surface area contributed by atoms with E-state index in [0.29, 0.717) is 22.9 Å². The van der Waals surface area contributed by atoms with Gasteiger partial charge in [-0.25, -0.2) is 5.43 Å². The third-order valence-electron chi connectivity index (χ3n) is 5.52. The molecule has 2 aromatic heterocycles. The van der Waals surface area contributed by atoms with E-state index in [9.17, 15) is 4.79 Å². The topological polar surface area (TPSA) is 86.3 Å². The predicted octanol–water partition coefficient (Wildman–Crippen LogP) is 2.75. The van der Waals surface area contributed by atoms with E-state index in [-0.39, 0.29) is 5.91 Å². The van der Waals surface area contributed by atoms with Gasteiger partial charge in [0.15, 0.2) is 0 Å². The van der Waals surface area contributed by atoms with Crippen LogP contribution in [0, 0.1) is 6.92 Å². The zero-order valence-electron chi connectivity index (χ0n) is 16.6. The second-order valence-electron chi connectivity index (χ2n) is 7.36. The fourth-order valence-electron chi connectivity index (χ4n) is 3.77. The molecule has 1 amide bonds. The largest absolute Gasteiger partial charge is 0.359 e. The highest BCUT2D eigenvalue weighted by atomic mass is 16.2. The Hall–Kier alpha value is -2.80. The molecule has 28 heavy (non-hydrogen) atoms. The number of aromatic nitrogens is 3. The minimum Gasteiger partial charge on any atom is -0.359 e. The summed E-state index contributed by atoms with van der Waals surface area (Å²) in [6.45, 7) is 9.48. The molecule has 0 radical (unpaired) electrons. The van der Waals surface area contributed by atoms with Crippen molar-refractivity contribution in [2.24, 2.45) is 5.10 Å². The highest BCUT2D eigenvalue weighted by Gasteiger charge is 2.32. The standard InChI is InChI=1S/C21H26N6O/c1-4-27(5-2)12-16-13(3)23-18(19(16)14-8-9-14)11-15-20(25-26-21(15)28)17-7-6-10-22-24-17/h6-7,10-11,14,23H,4-5,8-9,12H2,1-3H3,(H,26,28). The maximum Gasteiger partial charge on any atom is 0.273 e. The number of nitrogens with one attached hydrogen (secondary N) is 2. The van der Waals surface area contributed by atoms with Crippen LogP contribution in [0.25, 0.3) is 6.08 Å². The molecule has 2 aliphatic rings. The van der Waals surface area contributed by atoms with Gasteiger partial charge in [-0.2, -0.15) is 10.2 Å². The molecule has 1 aliphatic heterocycles. The maximum absolute atomic E-state index is 12.5. The van der Waals surface area contributed by atoms with E-state index in [0.717, 1.165) is 25.3 Å². The number of carbonyl (C=O) groups excluding carboxylic acids is 1. The van der Waals surface area contributed by atoms with Crippen molar-refractivity contribution in [1.29, 1.82) is 0 Å². The number of carbonyl (C=O) groups is 1. The summed E-state index contributed by atoms with van der Waals surface area (Å²) in [6.07, 6.45) is 5.95. The smallest absolute Gasteiger partial charge is 0.273 e. The molecule has 2 N–H and O–H groups in total. The number of hydrazone groups is 1. The molecule has 0 atom stereocenters. The number of aryl methyl sites for hydroxylation is 1. The van der Waals surface area contributed by atoms with Crippen LogP contribution in [0.3, 0.4) is 0 Å². The first kappa shape index (κ1) is 18.6. The summed E-state index contributed by atoms with van der Waals surface area (Å²) >= 11 is 0. The van der Waals surface area contributed by atoms with E-state index in [1.807, 2.05) is 12.1 Å². The van der Waals surface area contributed by atoms with E-state index in [1.165, 1.54) is 29.7 Å². The van der Waals surface area contributed by atoms with Crippen LogP contribution in [0.4, 0.5) is 0 Å². The van der Waals surface area contributed by atoms with Crippen LogP contribution in [0.2, 0.25) is 0 Å². The van der Waals surface area contributed by atoms with Crippen molar-refractivity contribution in [3.63, 3.8) is 0 Å². The number of hydrogen-bond acceptors (Lipinski definition) is 5. The van der Waals surface area contributed by atoms with Gasteiger partial charge in [0, 0.05) is 24.1 Å². The number of hydrogen-bond donors (Lipinski definition) is 2. The van der Waals surface area contributed by atoms with E-state index in [4.69, 9.17) is 0 Å². The van der Waals surface area contributed by atoms with E-state index >= 15 is 0 Å². The van der Waals surface area contributed by atoms with E-state index in [1.54, 1.807) is 12.3 Å². The van der Waals surface area contributed by atoms with Gasteiger partial charge in [-0.3, -0.25) is 9.69 Å². The number of H-pyrrole nitrogens is 1. The maximum atomic E-state index is 12.5. The van der Waals surface area contributed by atoms with Crippen molar-refractivity contribution in [2.75, 3.05) is 13.1 Å². The average Bonchev–Trinajstić information content (AvgIpc) is 3.42. The molecule has 1 aliphatic carbocycles. The zero-order chi connectivity index (χ0) is 19.7.